The van der Waals surface area contributed by atoms with Gasteiger partial charge in [-0.15, -0.1) is 6.42 Å². The summed E-state index contributed by atoms with van der Waals surface area (Å²) in [6, 6.07) is 5.26. The van der Waals surface area contributed by atoms with Crippen molar-refractivity contribution in [2.75, 3.05) is 0 Å². The third-order valence-corrected chi connectivity index (χ3v) is 2.24. The molecule has 17 heavy (non-hydrogen) atoms. The Kier molecular flexibility index (Phi) is 2.84. The number of carboxylic acids is 1. The molecular weight excluding hydrogens is 216 g/mol. The summed E-state index contributed by atoms with van der Waals surface area (Å²) in [5.74, 6) is 1.19. The summed E-state index contributed by atoms with van der Waals surface area (Å²) in [6.45, 7) is 0. The lowest BCUT2D eigenvalue weighted by Crippen LogP contribution is -2.03. The summed E-state index contributed by atoms with van der Waals surface area (Å²) in [4.78, 5) is 18.7. The van der Waals surface area contributed by atoms with Gasteiger partial charge in [0.15, 0.2) is 5.69 Å². The van der Waals surface area contributed by atoms with Gasteiger partial charge in [0.2, 0.25) is 0 Å². The molecule has 0 saturated carbocycles. The molecule has 0 aromatic carbocycles. The van der Waals surface area contributed by atoms with Gasteiger partial charge < -0.3 is 5.11 Å². The van der Waals surface area contributed by atoms with E-state index in [1.165, 1.54) is 6.20 Å². The van der Waals surface area contributed by atoms with Crippen molar-refractivity contribution >= 4 is 5.97 Å². The van der Waals surface area contributed by atoms with Crippen LogP contribution in [-0.4, -0.2) is 21.0 Å². The van der Waals surface area contributed by atoms with E-state index in [0.29, 0.717) is 0 Å². The molecule has 0 amide bonds. The van der Waals surface area contributed by atoms with Gasteiger partial charge >= 0.3 is 5.97 Å². The normalized spacial score (nSPS) is 9.59. The first-order valence-corrected chi connectivity index (χ1v) is 4.82. The molecule has 0 atom stereocenters. The van der Waals surface area contributed by atoms with Crippen LogP contribution in [0.25, 0.3) is 11.1 Å². The van der Waals surface area contributed by atoms with E-state index in [1.807, 2.05) is 6.07 Å². The highest BCUT2D eigenvalue weighted by molar-refractivity contribution is 5.89. The van der Waals surface area contributed by atoms with Crippen LogP contribution in [0.1, 0.15) is 16.1 Å². The van der Waals surface area contributed by atoms with Crippen molar-refractivity contribution in [3.63, 3.8) is 0 Å². The predicted molar refractivity (Wildman–Crippen MR) is 62.4 cm³/mol. The highest BCUT2D eigenvalue weighted by Crippen LogP contribution is 2.19. The molecule has 82 valence electrons. The molecule has 0 aliphatic carbocycles. The van der Waals surface area contributed by atoms with E-state index in [-0.39, 0.29) is 11.3 Å². The zero-order chi connectivity index (χ0) is 12.3. The molecule has 0 fully saturated rings. The van der Waals surface area contributed by atoms with Gasteiger partial charge in [0.25, 0.3) is 0 Å². The molecule has 4 nitrogen and oxygen atoms in total. The van der Waals surface area contributed by atoms with Crippen LogP contribution in [0.3, 0.4) is 0 Å². The number of nitrogens with zero attached hydrogens (tertiary/aromatic N) is 2. The molecule has 0 saturated heterocycles. The van der Waals surface area contributed by atoms with Crippen molar-refractivity contribution in [2.24, 2.45) is 0 Å². The number of carboxylic acid groups (broad SMARTS) is 1. The smallest absolute Gasteiger partial charge is 0.355 e. The molecule has 0 unspecified atom stereocenters. The molecule has 0 radical (unpaired) electrons. The second-order valence-corrected chi connectivity index (χ2v) is 3.31. The van der Waals surface area contributed by atoms with Crippen LogP contribution >= 0.6 is 0 Å². The zero-order valence-electron chi connectivity index (χ0n) is 8.79. The van der Waals surface area contributed by atoms with E-state index < -0.39 is 5.97 Å². The van der Waals surface area contributed by atoms with Gasteiger partial charge in [0.05, 0.1) is 5.56 Å². The van der Waals surface area contributed by atoms with Gasteiger partial charge in [-0.1, -0.05) is 12.0 Å². The number of carbonyl (C=O) groups is 1. The molecule has 2 aromatic heterocycles. The Balaban J connectivity index is 2.54. The Hall–Kier alpha value is -2.67. The van der Waals surface area contributed by atoms with Gasteiger partial charge in [-0.25, -0.2) is 9.78 Å². The first-order chi connectivity index (χ1) is 8.22. The van der Waals surface area contributed by atoms with Crippen LogP contribution in [0, 0.1) is 12.3 Å². The molecule has 2 aromatic rings. The molecule has 4 heteroatoms. The molecular formula is C13H8N2O2. The quantitative estimate of drug-likeness (QED) is 0.790. The number of rotatable bonds is 2. The van der Waals surface area contributed by atoms with Gasteiger partial charge in [-0.2, -0.15) is 0 Å². The zero-order valence-corrected chi connectivity index (χ0v) is 8.79. The minimum Gasteiger partial charge on any atom is -0.476 e. The van der Waals surface area contributed by atoms with E-state index in [9.17, 15) is 4.79 Å². The summed E-state index contributed by atoms with van der Waals surface area (Å²) in [5, 5.41) is 8.89. The van der Waals surface area contributed by atoms with Crippen molar-refractivity contribution in [3.8, 4) is 23.5 Å². The summed E-state index contributed by atoms with van der Waals surface area (Å²) in [7, 11) is 0. The monoisotopic (exact) mass is 224 g/mol. The van der Waals surface area contributed by atoms with Crippen LogP contribution in [0.4, 0.5) is 0 Å². The maximum absolute atomic E-state index is 10.9. The number of hydrogen-bond acceptors (Lipinski definition) is 3. The Morgan fingerprint density at radius 3 is 2.76 bits per heavy atom. The fourth-order valence-corrected chi connectivity index (χ4v) is 1.44. The molecule has 0 bridgehead atoms. The Bertz CT molecular complexity index is 601. The van der Waals surface area contributed by atoms with E-state index in [1.54, 1.807) is 24.5 Å². The van der Waals surface area contributed by atoms with E-state index in [4.69, 9.17) is 11.5 Å². The predicted octanol–water partition coefficient (Wildman–Crippen LogP) is 1.82. The third-order valence-electron chi connectivity index (χ3n) is 2.24. The minimum absolute atomic E-state index is 0.111. The second kappa shape index (κ2) is 4.45. The molecule has 0 aliphatic rings. The fraction of sp³-hybridized carbons (Fsp3) is 0. The maximum atomic E-state index is 10.9. The van der Waals surface area contributed by atoms with Gasteiger partial charge in [0, 0.05) is 29.7 Å². The fourth-order valence-electron chi connectivity index (χ4n) is 1.44. The van der Waals surface area contributed by atoms with Crippen LogP contribution in [0.5, 0.6) is 0 Å². The van der Waals surface area contributed by atoms with Crippen molar-refractivity contribution in [1.82, 2.24) is 9.97 Å². The molecule has 2 heterocycles. The topological polar surface area (TPSA) is 63.1 Å². The third kappa shape index (κ3) is 2.13. The average Bonchev–Trinajstić information content (AvgIpc) is 2.39. The first kappa shape index (κ1) is 10.8. The Labute approximate surface area is 98.0 Å². The standard InChI is InChI=1S/C13H8N2O2/c1-2-9-6-11(8-15-12(9)13(16)17)10-4-3-5-14-7-10/h1,3-8H,(H,16,17). The van der Waals surface area contributed by atoms with E-state index >= 15 is 0 Å². The highest BCUT2D eigenvalue weighted by atomic mass is 16.4. The summed E-state index contributed by atoms with van der Waals surface area (Å²) >= 11 is 0. The molecule has 0 aliphatic heterocycles. The summed E-state index contributed by atoms with van der Waals surface area (Å²) in [6.07, 6.45) is 10.1. The van der Waals surface area contributed by atoms with E-state index in [0.717, 1.165) is 11.1 Å². The van der Waals surface area contributed by atoms with Crippen molar-refractivity contribution in [2.45, 2.75) is 0 Å². The summed E-state index contributed by atoms with van der Waals surface area (Å²) in [5.41, 5.74) is 1.74. The average molecular weight is 224 g/mol. The Morgan fingerprint density at radius 2 is 2.18 bits per heavy atom. The second-order valence-electron chi connectivity index (χ2n) is 3.31. The lowest BCUT2D eigenvalue weighted by atomic mass is 10.1. The van der Waals surface area contributed by atoms with Crippen LogP contribution in [0.15, 0.2) is 36.8 Å². The van der Waals surface area contributed by atoms with E-state index in [2.05, 4.69) is 15.9 Å². The first-order valence-electron chi connectivity index (χ1n) is 4.82. The van der Waals surface area contributed by atoms with Crippen LogP contribution in [-0.2, 0) is 0 Å². The number of terminal acetylenes is 1. The molecule has 1 N–H and O–H groups in total. The number of aromatic nitrogens is 2. The van der Waals surface area contributed by atoms with Crippen molar-refractivity contribution in [1.29, 1.82) is 0 Å². The van der Waals surface area contributed by atoms with Gasteiger partial charge in [-0.3, -0.25) is 4.98 Å². The summed E-state index contributed by atoms with van der Waals surface area (Å²) < 4.78 is 0. The molecule has 2 rings (SSSR count). The molecule has 0 spiro atoms. The number of aromatic carboxylic acids is 1. The lowest BCUT2D eigenvalue weighted by Gasteiger charge is -2.03. The van der Waals surface area contributed by atoms with Crippen LogP contribution < -0.4 is 0 Å². The lowest BCUT2D eigenvalue weighted by molar-refractivity contribution is 0.0690. The van der Waals surface area contributed by atoms with Gasteiger partial charge in [-0.05, 0) is 12.1 Å². The van der Waals surface area contributed by atoms with Gasteiger partial charge in [0.1, 0.15) is 0 Å². The maximum Gasteiger partial charge on any atom is 0.355 e. The number of pyridine rings is 2. The largest absolute Gasteiger partial charge is 0.476 e. The van der Waals surface area contributed by atoms with Crippen LogP contribution in [0.2, 0.25) is 0 Å². The SMILES string of the molecule is C#Cc1cc(-c2cccnc2)cnc1C(=O)O. The highest BCUT2D eigenvalue weighted by Gasteiger charge is 2.11. The van der Waals surface area contributed by atoms with Crippen molar-refractivity contribution < 1.29 is 9.90 Å². The minimum atomic E-state index is -1.13. The Morgan fingerprint density at radius 1 is 1.35 bits per heavy atom. The number of hydrogen-bond donors (Lipinski definition) is 1. The van der Waals surface area contributed by atoms with Crippen molar-refractivity contribution in [3.05, 3.63) is 48.0 Å².